The van der Waals surface area contributed by atoms with Gasteiger partial charge in [-0.05, 0) is 48.4 Å². The normalized spacial score (nSPS) is 14.0. The summed E-state index contributed by atoms with van der Waals surface area (Å²) in [7, 11) is 1.77. The molecule has 0 atom stereocenters. The first-order valence-electron chi connectivity index (χ1n) is 9.11. The maximum atomic E-state index is 12.1. The third kappa shape index (κ3) is 6.80. The van der Waals surface area contributed by atoms with Crippen LogP contribution in [0.1, 0.15) is 29.7 Å². The van der Waals surface area contributed by atoms with Gasteiger partial charge < -0.3 is 16.0 Å². The molecule has 0 unspecified atom stereocenters. The number of halogens is 1. The lowest BCUT2D eigenvalue weighted by atomic mass is 9.85. The van der Waals surface area contributed by atoms with E-state index < -0.39 is 0 Å². The lowest BCUT2D eigenvalue weighted by Crippen LogP contribution is -2.37. The summed E-state index contributed by atoms with van der Waals surface area (Å²) in [6.07, 6.45) is 4.18. The van der Waals surface area contributed by atoms with Crippen molar-refractivity contribution < 1.29 is 4.79 Å². The van der Waals surface area contributed by atoms with E-state index in [2.05, 4.69) is 38.5 Å². The van der Waals surface area contributed by atoms with Crippen LogP contribution in [0.25, 0.3) is 0 Å². The zero-order valence-electron chi connectivity index (χ0n) is 15.5. The number of rotatable bonds is 7. The average Bonchev–Trinajstić information content (AvgIpc) is 3.10. The van der Waals surface area contributed by atoms with Gasteiger partial charge in [0.25, 0.3) is 0 Å². The number of nitrogens with zero attached hydrogens (tertiary/aromatic N) is 1. The molecule has 0 radical (unpaired) electrons. The van der Waals surface area contributed by atoms with E-state index in [0.29, 0.717) is 6.54 Å². The van der Waals surface area contributed by atoms with Crippen LogP contribution in [0.2, 0.25) is 0 Å². The molecule has 2 aromatic rings. The maximum absolute atomic E-state index is 12.1. The molecule has 0 aliphatic heterocycles. The van der Waals surface area contributed by atoms with Gasteiger partial charge in [-0.15, -0.1) is 35.3 Å². The van der Waals surface area contributed by atoms with E-state index in [9.17, 15) is 4.79 Å². The topological polar surface area (TPSA) is 65.5 Å². The van der Waals surface area contributed by atoms with Gasteiger partial charge in [0.05, 0.1) is 0 Å². The second kappa shape index (κ2) is 11.3. The van der Waals surface area contributed by atoms with Gasteiger partial charge in [-0.3, -0.25) is 9.79 Å². The Labute approximate surface area is 182 Å². The quantitative estimate of drug-likeness (QED) is 0.307. The molecule has 0 bridgehead atoms. The number of carbonyl (C=O) groups excluding carboxylic acids is 1. The van der Waals surface area contributed by atoms with Gasteiger partial charge in [-0.25, -0.2) is 0 Å². The van der Waals surface area contributed by atoms with Crippen molar-refractivity contribution in [2.75, 3.05) is 18.9 Å². The maximum Gasteiger partial charge on any atom is 0.227 e. The highest BCUT2D eigenvalue weighted by Gasteiger charge is 2.25. The van der Waals surface area contributed by atoms with Gasteiger partial charge in [0.15, 0.2) is 5.96 Å². The molecule has 1 aliphatic carbocycles. The van der Waals surface area contributed by atoms with Crippen LogP contribution in [0, 0.1) is 5.92 Å². The molecular weight excluding hydrogens is 471 g/mol. The fourth-order valence-electron chi connectivity index (χ4n) is 2.84. The van der Waals surface area contributed by atoms with Gasteiger partial charge >= 0.3 is 0 Å². The molecule has 5 nitrogen and oxygen atoms in total. The Morgan fingerprint density at radius 3 is 2.74 bits per heavy atom. The van der Waals surface area contributed by atoms with E-state index in [1.807, 2.05) is 24.3 Å². The number of nitrogens with one attached hydrogen (secondary N) is 3. The zero-order chi connectivity index (χ0) is 18.2. The van der Waals surface area contributed by atoms with E-state index >= 15 is 0 Å². The molecule has 1 amide bonds. The zero-order valence-corrected chi connectivity index (χ0v) is 18.7. The first-order chi connectivity index (χ1) is 12.7. The number of hydrogen-bond acceptors (Lipinski definition) is 3. The Balaban J connectivity index is 0.00000261. The van der Waals surface area contributed by atoms with Crippen molar-refractivity contribution in [1.29, 1.82) is 0 Å². The van der Waals surface area contributed by atoms with Crippen molar-refractivity contribution >= 4 is 52.9 Å². The molecule has 0 spiro atoms. The first-order valence-corrected chi connectivity index (χ1v) is 9.99. The summed E-state index contributed by atoms with van der Waals surface area (Å²) in [5, 5.41) is 11.8. The number of hydrogen-bond donors (Lipinski definition) is 3. The summed E-state index contributed by atoms with van der Waals surface area (Å²) < 4.78 is 0. The Morgan fingerprint density at radius 1 is 1.22 bits per heavy atom. The van der Waals surface area contributed by atoms with Crippen LogP contribution in [0.15, 0.2) is 46.8 Å². The number of benzene rings is 1. The van der Waals surface area contributed by atoms with Crippen molar-refractivity contribution in [3.63, 3.8) is 0 Å². The summed E-state index contributed by atoms with van der Waals surface area (Å²) in [6.45, 7) is 1.50. The summed E-state index contributed by atoms with van der Waals surface area (Å²) in [5.41, 5.74) is 1.97. The largest absolute Gasteiger partial charge is 0.356 e. The van der Waals surface area contributed by atoms with Gasteiger partial charge in [-0.1, -0.05) is 24.6 Å². The minimum absolute atomic E-state index is 0. The van der Waals surface area contributed by atoms with Gasteiger partial charge in [0.1, 0.15) is 0 Å². The van der Waals surface area contributed by atoms with Crippen molar-refractivity contribution in [2.24, 2.45) is 10.9 Å². The number of thiophene rings is 1. The fourth-order valence-corrected chi connectivity index (χ4v) is 3.55. The van der Waals surface area contributed by atoms with Gasteiger partial charge in [0, 0.05) is 36.6 Å². The molecule has 0 saturated heterocycles. The van der Waals surface area contributed by atoms with Crippen LogP contribution >= 0.6 is 35.3 Å². The van der Waals surface area contributed by atoms with Gasteiger partial charge in [0.2, 0.25) is 5.91 Å². The Bertz CT molecular complexity index is 744. The lowest BCUT2D eigenvalue weighted by Gasteiger charge is -2.24. The highest BCUT2D eigenvalue weighted by atomic mass is 127. The van der Waals surface area contributed by atoms with Crippen LogP contribution in [-0.2, 0) is 17.8 Å². The third-order valence-electron chi connectivity index (χ3n) is 4.60. The average molecular weight is 498 g/mol. The van der Waals surface area contributed by atoms with Crippen LogP contribution in [0.4, 0.5) is 5.69 Å². The molecule has 1 aliphatic rings. The Hall–Kier alpha value is -1.61. The molecule has 1 aromatic heterocycles. The highest BCUT2D eigenvalue weighted by molar-refractivity contribution is 14.0. The van der Waals surface area contributed by atoms with Crippen molar-refractivity contribution in [2.45, 2.75) is 32.2 Å². The van der Waals surface area contributed by atoms with E-state index in [-0.39, 0.29) is 35.8 Å². The summed E-state index contributed by atoms with van der Waals surface area (Å²) >= 11 is 1.77. The molecular formula is C20H27IN4OS. The van der Waals surface area contributed by atoms with Crippen molar-refractivity contribution in [3.05, 3.63) is 52.2 Å². The second-order valence-electron chi connectivity index (χ2n) is 6.50. The minimum Gasteiger partial charge on any atom is -0.356 e. The standard InChI is InChI=1S/C20H26N4OS.HI/c1-21-20(22-11-10-18-9-4-12-26-18)23-14-15-5-2-8-17(13-15)24-19(25)16-6-3-7-16;/h2,4-5,8-9,12-13,16H,3,6-7,10-11,14H2,1H3,(H,24,25)(H2,21,22,23);1H. The molecule has 146 valence electrons. The summed E-state index contributed by atoms with van der Waals surface area (Å²) in [5.74, 6) is 1.13. The van der Waals surface area contributed by atoms with E-state index in [4.69, 9.17) is 0 Å². The van der Waals surface area contributed by atoms with Crippen molar-refractivity contribution in [3.8, 4) is 0 Å². The van der Waals surface area contributed by atoms with E-state index in [1.54, 1.807) is 18.4 Å². The summed E-state index contributed by atoms with van der Waals surface area (Å²) in [4.78, 5) is 17.7. The molecule has 1 heterocycles. The number of amides is 1. The second-order valence-corrected chi connectivity index (χ2v) is 7.53. The molecule has 1 saturated carbocycles. The Kier molecular flexibility index (Phi) is 9.06. The molecule has 1 fully saturated rings. The number of guanidine groups is 1. The molecule has 3 rings (SSSR count). The van der Waals surface area contributed by atoms with Crippen LogP contribution in [0.3, 0.4) is 0 Å². The van der Waals surface area contributed by atoms with Crippen LogP contribution in [-0.4, -0.2) is 25.5 Å². The smallest absolute Gasteiger partial charge is 0.227 e. The predicted molar refractivity (Wildman–Crippen MR) is 124 cm³/mol. The molecule has 7 heteroatoms. The van der Waals surface area contributed by atoms with Crippen molar-refractivity contribution in [1.82, 2.24) is 10.6 Å². The fraction of sp³-hybridized carbons (Fsp3) is 0.400. The Morgan fingerprint density at radius 2 is 2.07 bits per heavy atom. The number of aliphatic imine (C=N–C) groups is 1. The van der Waals surface area contributed by atoms with Gasteiger partial charge in [-0.2, -0.15) is 0 Å². The number of anilines is 1. The highest BCUT2D eigenvalue weighted by Crippen LogP contribution is 2.27. The summed E-state index contributed by atoms with van der Waals surface area (Å²) in [6, 6.07) is 12.2. The van der Waals surface area contributed by atoms with E-state index in [1.165, 1.54) is 11.3 Å². The lowest BCUT2D eigenvalue weighted by molar-refractivity contribution is -0.122. The third-order valence-corrected chi connectivity index (χ3v) is 5.53. The van der Waals surface area contributed by atoms with Crippen LogP contribution in [0.5, 0.6) is 0 Å². The predicted octanol–water partition coefficient (Wildman–Crippen LogP) is 4.01. The van der Waals surface area contributed by atoms with E-state index in [0.717, 1.165) is 43.0 Å². The molecule has 1 aromatic carbocycles. The number of carbonyl (C=O) groups is 1. The minimum atomic E-state index is 0. The monoisotopic (exact) mass is 498 g/mol. The SMILES string of the molecule is CN=C(NCCc1cccs1)NCc1cccc(NC(=O)C2CCC2)c1.I. The molecule has 27 heavy (non-hydrogen) atoms. The first kappa shape index (κ1) is 21.7. The van der Waals surface area contributed by atoms with Crippen LogP contribution < -0.4 is 16.0 Å². The molecule has 3 N–H and O–H groups in total.